The molecule has 1 heterocycles. The van der Waals surface area contributed by atoms with E-state index in [1.807, 2.05) is 18.2 Å². The normalized spacial score (nSPS) is 11.9. The predicted molar refractivity (Wildman–Crippen MR) is 107 cm³/mol. The van der Waals surface area contributed by atoms with Gasteiger partial charge in [0.2, 0.25) is 15.9 Å². The van der Waals surface area contributed by atoms with Crippen molar-refractivity contribution in [2.24, 2.45) is 0 Å². The molecular weight excluding hydrogens is 366 g/mol. The third-order valence-electron chi connectivity index (χ3n) is 4.20. The highest BCUT2D eigenvalue weighted by Crippen LogP contribution is 2.32. The van der Waals surface area contributed by atoms with Gasteiger partial charge in [-0.15, -0.1) is 0 Å². The first kappa shape index (κ1) is 21.0. The summed E-state index contributed by atoms with van der Waals surface area (Å²) in [6, 6.07) is 7.40. The number of sulfonamides is 1. The Balaban J connectivity index is 2.34. The second-order valence-corrected chi connectivity index (χ2v) is 9.14. The van der Waals surface area contributed by atoms with Crippen LogP contribution >= 0.6 is 0 Å². The van der Waals surface area contributed by atoms with E-state index < -0.39 is 15.9 Å². The van der Waals surface area contributed by atoms with Crippen LogP contribution in [0.25, 0.3) is 0 Å². The Kier molecular flexibility index (Phi) is 6.30. The molecule has 148 valence electrons. The first-order valence-electron chi connectivity index (χ1n) is 8.84. The van der Waals surface area contributed by atoms with Crippen LogP contribution in [0.15, 0.2) is 28.8 Å². The molecular formula is C19H27N3O4S. The lowest BCUT2D eigenvalue weighted by atomic mass is 9.92. The summed E-state index contributed by atoms with van der Waals surface area (Å²) < 4.78 is 30.2. The summed E-state index contributed by atoms with van der Waals surface area (Å²) in [6.45, 7) is 9.48. The SMILES string of the molecule is Cc1cc(N(CC(=O)Nc2c(C(C)C)cccc2C(C)C)S(C)(=O)=O)no1. The van der Waals surface area contributed by atoms with E-state index in [4.69, 9.17) is 4.52 Å². The van der Waals surface area contributed by atoms with Crippen LogP contribution in [0, 0.1) is 6.92 Å². The minimum Gasteiger partial charge on any atom is -0.360 e. The fourth-order valence-electron chi connectivity index (χ4n) is 2.84. The second-order valence-electron chi connectivity index (χ2n) is 7.23. The van der Waals surface area contributed by atoms with Gasteiger partial charge in [0, 0.05) is 11.8 Å². The van der Waals surface area contributed by atoms with Crippen molar-refractivity contribution >= 4 is 27.4 Å². The van der Waals surface area contributed by atoms with Crippen LogP contribution in [0.5, 0.6) is 0 Å². The zero-order valence-corrected chi connectivity index (χ0v) is 17.4. The number of aromatic nitrogens is 1. The average Bonchev–Trinajstić information content (AvgIpc) is 2.97. The molecule has 0 aliphatic rings. The van der Waals surface area contributed by atoms with E-state index in [-0.39, 0.29) is 24.2 Å². The maximum Gasteiger partial charge on any atom is 0.245 e. The number of hydrogen-bond acceptors (Lipinski definition) is 5. The van der Waals surface area contributed by atoms with E-state index >= 15 is 0 Å². The van der Waals surface area contributed by atoms with Crippen molar-refractivity contribution in [3.8, 4) is 0 Å². The van der Waals surface area contributed by atoms with Crippen LogP contribution in [0.3, 0.4) is 0 Å². The number of aryl methyl sites for hydroxylation is 1. The standard InChI is InChI=1S/C19H27N3O4S/c1-12(2)15-8-7-9-16(13(3)4)19(15)20-18(23)11-22(27(6,24)25)17-10-14(5)26-21-17/h7-10,12-13H,11H2,1-6H3,(H,20,23). The van der Waals surface area contributed by atoms with Gasteiger partial charge in [-0.05, 0) is 29.9 Å². The smallest absolute Gasteiger partial charge is 0.245 e. The number of para-hydroxylation sites is 1. The molecule has 0 saturated heterocycles. The number of hydrogen-bond donors (Lipinski definition) is 1. The molecule has 2 rings (SSSR count). The van der Waals surface area contributed by atoms with Crippen LogP contribution in [0.2, 0.25) is 0 Å². The lowest BCUT2D eigenvalue weighted by molar-refractivity contribution is -0.114. The first-order chi connectivity index (χ1) is 12.5. The molecule has 0 saturated carbocycles. The topological polar surface area (TPSA) is 92.5 Å². The van der Waals surface area contributed by atoms with Crippen molar-refractivity contribution in [2.45, 2.75) is 46.5 Å². The maximum absolute atomic E-state index is 12.7. The van der Waals surface area contributed by atoms with Gasteiger partial charge < -0.3 is 9.84 Å². The van der Waals surface area contributed by atoms with Crippen LogP contribution in [0.1, 0.15) is 56.4 Å². The Labute approximate surface area is 160 Å². The summed E-state index contributed by atoms with van der Waals surface area (Å²) in [5, 5.41) is 6.64. The molecule has 0 bridgehead atoms. The molecule has 8 heteroatoms. The van der Waals surface area contributed by atoms with E-state index in [9.17, 15) is 13.2 Å². The van der Waals surface area contributed by atoms with Crippen LogP contribution in [0.4, 0.5) is 11.5 Å². The van der Waals surface area contributed by atoms with Gasteiger partial charge in [0.1, 0.15) is 12.3 Å². The number of carbonyl (C=O) groups is 1. The maximum atomic E-state index is 12.7. The molecule has 1 amide bonds. The van der Waals surface area contributed by atoms with E-state index in [0.717, 1.165) is 27.4 Å². The van der Waals surface area contributed by atoms with Crippen LogP contribution in [-0.2, 0) is 14.8 Å². The summed E-state index contributed by atoms with van der Waals surface area (Å²) in [5.74, 6) is 0.542. The summed E-state index contributed by atoms with van der Waals surface area (Å²) >= 11 is 0. The molecule has 27 heavy (non-hydrogen) atoms. The Morgan fingerprint density at radius 1 is 1.19 bits per heavy atom. The monoisotopic (exact) mass is 393 g/mol. The second kappa shape index (κ2) is 8.12. The number of rotatable bonds is 7. The third kappa shape index (κ3) is 5.09. The molecule has 7 nitrogen and oxygen atoms in total. The largest absolute Gasteiger partial charge is 0.360 e. The van der Waals surface area contributed by atoms with E-state index in [1.165, 1.54) is 6.07 Å². The van der Waals surface area contributed by atoms with Gasteiger partial charge in [-0.25, -0.2) is 12.7 Å². The zero-order valence-electron chi connectivity index (χ0n) is 16.6. The number of nitrogens with one attached hydrogen (secondary N) is 1. The van der Waals surface area contributed by atoms with Gasteiger partial charge in [-0.1, -0.05) is 51.1 Å². The predicted octanol–water partition coefficient (Wildman–Crippen LogP) is 3.63. The summed E-state index contributed by atoms with van der Waals surface area (Å²) in [7, 11) is -3.69. The molecule has 1 aromatic heterocycles. The first-order valence-corrected chi connectivity index (χ1v) is 10.7. The molecule has 0 atom stereocenters. The molecule has 0 radical (unpaired) electrons. The molecule has 0 aliphatic carbocycles. The minimum atomic E-state index is -3.69. The summed E-state index contributed by atoms with van der Waals surface area (Å²) in [5.41, 5.74) is 2.77. The fourth-order valence-corrected chi connectivity index (χ4v) is 3.62. The van der Waals surface area contributed by atoms with E-state index in [0.29, 0.717) is 5.76 Å². The van der Waals surface area contributed by atoms with Gasteiger partial charge in [-0.2, -0.15) is 0 Å². The van der Waals surface area contributed by atoms with Crippen molar-refractivity contribution in [3.63, 3.8) is 0 Å². The Hall–Kier alpha value is -2.35. The number of carbonyl (C=O) groups excluding carboxylic acids is 1. The van der Waals surface area contributed by atoms with Gasteiger partial charge in [0.15, 0.2) is 5.82 Å². The van der Waals surface area contributed by atoms with Crippen LogP contribution in [-0.4, -0.2) is 32.3 Å². The van der Waals surface area contributed by atoms with Crippen molar-refractivity contribution in [3.05, 3.63) is 41.2 Å². The number of nitrogens with zero attached hydrogens (tertiary/aromatic N) is 2. The molecule has 0 spiro atoms. The van der Waals surface area contributed by atoms with E-state index in [2.05, 4.69) is 38.2 Å². The summed E-state index contributed by atoms with van der Waals surface area (Å²) in [6.07, 6.45) is 1.03. The molecule has 0 fully saturated rings. The Morgan fingerprint density at radius 2 is 1.74 bits per heavy atom. The quantitative estimate of drug-likeness (QED) is 0.775. The molecule has 2 aromatic rings. The van der Waals surface area contributed by atoms with Crippen molar-refractivity contribution in [1.29, 1.82) is 0 Å². The third-order valence-corrected chi connectivity index (χ3v) is 5.31. The van der Waals surface area contributed by atoms with Gasteiger partial charge in [0.25, 0.3) is 0 Å². The van der Waals surface area contributed by atoms with Gasteiger partial charge in [-0.3, -0.25) is 4.79 Å². The molecule has 0 unspecified atom stereocenters. The highest BCUT2D eigenvalue weighted by molar-refractivity contribution is 7.92. The van der Waals surface area contributed by atoms with Gasteiger partial charge >= 0.3 is 0 Å². The molecule has 0 aliphatic heterocycles. The number of benzene rings is 1. The van der Waals surface area contributed by atoms with Gasteiger partial charge in [0.05, 0.1) is 6.26 Å². The van der Waals surface area contributed by atoms with Crippen molar-refractivity contribution in [2.75, 3.05) is 22.4 Å². The Bertz CT molecular complexity index is 891. The highest BCUT2D eigenvalue weighted by Gasteiger charge is 2.25. The lowest BCUT2D eigenvalue weighted by Gasteiger charge is -2.22. The number of anilines is 2. The average molecular weight is 394 g/mol. The minimum absolute atomic E-state index is 0.0892. The zero-order chi connectivity index (χ0) is 20.4. The van der Waals surface area contributed by atoms with Crippen molar-refractivity contribution in [1.82, 2.24) is 5.16 Å². The number of amides is 1. The van der Waals surface area contributed by atoms with Crippen LogP contribution < -0.4 is 9.62 Å². The highest BCUT2D eigenvalue weighted by atomic mass is 32.2. The molecule has 1 N–H and O–H groups in total. The van der Waals surface area contributed by atoms with E-state index in [1.54, 1.807) is 6.92 Å². The Morgan fingerprint density at radius 3 is 2.15 bits per heavy atom. The lowest BCUT2D eigenvalue weighted by Crippen LogP contribution is -2.38. The van der Waals surface area contributed by atoms with Crippen molar-refractivity contribution < 1.29 is 17.7 Å². The molecule has 1 aromatic carbocycles. The fraction of sp³-hybridized carbons (Fsp3) is 0.474. The summed E-state index contributed by atoms with van der Waals surface area (Å²) in [4.78, 5) is 12.7.